The number of imidazole rings is 1. The van der Waals surface area contributed by atoms with Gasteiger partial charge in [0, 0.05) is 35.9 Å². The molecule has 1 amide bonds. The van der Waals surface area contributed by atoms with Crippen LogP contribution in [0.15, 0.2) is 55.1 Å². The summed E-state index contributed by atoms with van der Waals surface area (Å²) >= 11 is 1.50. The second kappa shape index (κ2) is 8.75. The van der Waals surface area contributed by atoms with E-state index in [1.807, 2.05) is 34.2 Å². The second-order valence-corrected chi connectivity index (χ2v) is 6.96. The first kappa shape index (κ1) is 19.7. The summed E-state index contributed by atoms with van der Waals surface area (Å²) in [6, 6.07) is 5.60. The van der Waals surface area contributed by atoms with Gasteiger partial charge in [-0.1, -0.05) is 12.2 Å². The van der Waals surface area contributed by atoms with Crippen LogP contribution in [0.2, 0.25) is 0 Å². The summed E-state index contributed by atoms with van der Waals surface area (Å²) in [6.07, 6.45) is 5.65. The normalized spacial score (nSPS) is 10.6. The van der Waals surface area contributed by atoms with Crippen LogP contribution in [-0.2, 0) is 11.2 Å². The summed E-state index contributed by atoms with van der Waals surface area (Å²) < 4.78 is 12.8. The molecule has 0 aliphatic heterocycles. The molecule has 28 heavy (non-hydrogen) atoms. The van der Waals surface area contributed by atoms with Crippen LogP contribution in [0.3, 0.4) is 0 Å². The zero-order valence-corrected chi connectivity index (χ0v) is 16.9. The van der Waals surface area contributed by atoms with E-state index >= 15 is 0 Å². The van der Waals surface area contributed by atoms with Crippen molar-refractivity contribution in [3.05, 3.63) is 60.8 Å². The third kappa shape index (κ3) is 3.94. The fourth-order valence-electron chi connectivity index (χ4n) is 2.96. The number of carbonyl (C=O) groups excluding carboxylic acids is 1. The maximum Gasteiger partial charge on any atom is 0.229 e. The van der Waals surface area contributed by atoms with E-state index in [2.05, 4.69) is 13.2 Å². The Bertz CT molecular complexity index is 996. The fraction of sp³-hybridized carbons (Fsp3) is 0.238. The second-order valence-electron chi connectivity index (χ2n) is 6.12. The predicted molar refractivity (Wildman–Crippen MR) is 112 cm³/mol. The van der Waals surface area contributed by atoms with E-state index < -0.39 is 0 Å². The molecule has 0 radical (unpaired) electrons. The molecule has 2 aromatic heterocycles. The number of amides is 1. The average Bonchev–Trinajstić information content (AvgIpc) is 3.29. The minimum Gasteiger partial charge on any atom is -0.497 e. The molecule has 0 N–H and O–H groups in total. The van der Waals surface area contributed by atoms with Crippen LogP contribution >= 0.6 is 11.3 Å². The van der Waals surface area contributed by atoms with Gasteiger partial charge in [-0.25, -0.2) is 4.98 Å². The van der Waals surface area contributed by atoms with Crippen molar-refractivity contribution in [2.24, 2.45) is 0 Å². The van der Waals surface area contributed by atoms with E-state index in [1.54, 1.807) is 31.3 Å². The van der Waals surface area contributed by atoms with E-state index in [-0.39, 0.29) is 12.3 Å². The van der Waals surface area contributed by atoms with E-state index in [0.29, 0.717) is 18.8 Å². The molecule has 6 nitrogen and oxygen atoms in total. The van der Waals surface area contributed by atoms with Crippen molar-refractivity contribution in [2.45, 2.75) is 6.42 Å². The largest absolute Gasteiger partial charge is 0.497 e. The minimum absolute atomic E-state index is 0.0220. The Morgan fingerprint density at radius 1 is 1.25 bits per heavy atom. The lowest BCUT2D eigenvalue weighted by molar-refractivity contribution is -0.129. The molecular formula is C21H23N3O3S. The summed E-state index contributed by atoms with van der Waals surface area (Å²) in [6.45, 7) is 8.42. The van der Waals surface area contributed by atoms with Crippen molar-refractivity contribution >= 4 is 22.2 Å². The maximum atomic E-state index is 12.7. The molecule has 3 aromatic rings. The number of nitrogens with zero attached hydrogens (tertiary/aromatic N) is 3. The van der Waals surface area contributed by atoms with Crippen LogP contribution in [0.1, 0.15) is 5.69 Å². The Morgan fingerprint density at radius 2 is 2.00 bits per heavy atom. The van der Waals surface area contributed by atoms with Crippen molar-refractivity contribution in [1.82, 2.24) is 14.3 Å². The average molecular weight is 398 g/mol. The number of benzene rings is 1. The number of fused-ring (bicyclic) bond motifs is 1. The highest BCUT2D eigenvalue weighted by molar-refractivity contribution is 7.15. The number of hydrogen-bond donors (Lipinski definition) is 0. The molecule has 0 aliphatic carbocycles. The third-order valence-electron chi connectivity index (χ3n) is 4.35. The van der Waals surface area contributed by atoms with Crippen LogP contribution in [0.25, 0.3) is 16.2 Å². The summed E-state index contributed by atoms with van der Waals surface area (Å²) in [5.41, 5.74) is 2.50. The number of aromatic nitrogens is 2. The molecule has 146 valence electrons. The van der Waals surface area contributed by atoms with Gasteiger partial charge in [-0.2, -0.15) is 0 Å². The first-order valence-corrected chi connectivity index (χ1v) is 9.66. The van der Waals surface area contributed by atoms with Gasteiger partial charge in [0.2, 0.25) is 5.91 Å². The van der Waals surface area contributed by atoms with Crippen LogP contribution in [0.5, 0.6) is 11.5 Å². The highest BCUT2D eigenvalue weighted by Gasteiger charge is 2.17. The van der Waals surface area contributed by atoms with Crippen molar-refractivity contribution < 1.29 is 14.3 Å². The Kier molecular flexibility index (Phi) is 6.16. The fourth-order valence-corrected chi connectivity index (χ4v) is 3.83. The molecule has 0 bridgehead atoms. The van der Waals surface area contributed by atoms with Crippen LogP contribution in [-0.4, -0.2) is 47.5 Å². The number of thiazole rings is 1. The number of ether oxygens (including phenoxy) is 2. The van der Waals surface area contributed by atoms with Gasteiger partial charge in [-0.15, -0.1) is 24.5 Å². The van der Waals surface area contributed by atoms with Crippen LogP contribution in [0, 0.1) is 0 Å². The SMILES string of the molecule is C=CCN(CC=C)C(=O)Cc1csc2nc(-c3cc(OC)ccc3OC)cn12. The van der Waals surface area contributed by atoms with Crippen molar-refractivity contribution in [1.29, 1.82) is 0 Å². The minimum atomic E-state index is 0.0220. The topological polar surface area (TPSA) is 56.1 Å². The zero-order valence-electron chi connectivity index (χ0n) is 16.1. The number of hydrogen-bond acceptors (Lipinski definition) is 5. The monoisotopic (exact) mass is 397 g/mol. The lowest BCUT2D eigenvalue weighted by atomic mass is 10.1. The van der Waals surface area contributed by atoms with Gasteiger partial charge in [0.25, 0.3) is 0 Å². The number of carbonyl (C=O) groups is 1. The van der Waals surface area contributed by atoms with Crippen molar-refractivity contribution in [3.8, 4) is 22.8 Å². The molecule has 0 atom stereocenters. The summed E-state index contributed by atoms with van der Waals surface area (Å²) in [5.74, 6) is 1.47. The molecular weight excluding hydrogens is 374 g/mol. The van der Waals surface area contributed by atoms with Crippen molar-refractivity contribution in [3.63, 3.8) is 0 Å². The molecule has 0 saturated carbocycles. The van der Waals surface area contributed by atoms with Gasteiger partial charge in [0.1, 0.15) is 11.5 Å². The van der Waals surface area contributed by atoms with E-state index in [1.165, 1.54) is 11.3 Å². The Balaban J connectivity index is 1.93. The van der Waals surface area contributed by atoms with Crippen molar-refractivity contribution in [2.75, 3.05) is 27.3 Å². The van der Waals surface area contributed by atoms with Gasteiger partial charge in [-0.3, -0.25) is 9.20 Å². The molecule has 0 fully saturated rings. The number of methoxy groups -OCH3 is 2. The maximum absolute atomic E-state index is 12.7. The first-order chi connectivity index (χ1) is 13.6. The Labute approximate surface area is 168 Å². The van der Waals surface area contributed by atoms with Crippen LogP contribution in [0.4, 0.5) is 0 Å². The highest BCUT2D eigenvalue weighted by Crippen LogP contribution is 2.34. The highest BCUT2D eigenvalue weighted by atomic mass is 32.1. The number of rotatable bonds is 9. The molecule has 0 saturated heterocycles. The van der Waals surface area contributed by atoms with E-state index in [4.69, 9.17) is 14.5 Å². The van der Waals surface area contributed by atoms with Gasteiger partial charge in [0.15, 0.2) is 4.96 Å². The van der Waals surface area contributed by atoms with Crippen LogP contribution < -0.4 is 9.47 Å². The molecule has 1 aromatic carbocycles. The molecule has 0 spiro atoms. The lowest BCUT2D eigenvalue weighted by Gasteiger charge is -2.18. The molecule has 7 heteroatoms. The van der Waals surface area contributed by atoms with Gasteiger partial charge < -0.3 is 14.4 Å². The Morgan fingerprint density at radius 3 is 2.64 bits per heavy atom. The van der Waals surface area contributed by atoms with E-state index in [0.717, 1.165) is 27.7 Å². The standard InChI is InChI=1S/C21H23N3O3S/c1-5-9-23(10-6-2)20(25)11-15-14-28-21-22-18(13-24(15)21)17-12-16(26-3)7-8-19(17)27-4/h5-8,12-14H,1-2,9-11H2,3-4H3. The molecule has 0 unspecified atom stereocenters. The first-order valence-electron chi connectivity index (χ1n) is 8.78. The Hall–Kier alpha value is -3.06. The quantitative estimate of drug-likeness (QED) is 0.515. The summed E-state index contributed by atoms with van der Waals surface area (Å²) in [4.78, 5) is 19.9. The zero-order chi connectivity index (χ0) is 20.1. The van der Waals surface area contributed by atoms with Gasteiger partial charge >= 0.3 is 0 Å². The van der Waals surface area contributed by atoms with Gasteiger partial charge in [0.05, 0.1) is 26.3 Å². The molecule has 2 heterocycles. The lowest BCUT2D eigenvalue weighted by Crippen LogP contribution is -2.32. The third-order valence-corrected chi connectivity index (χ3v) is 5.24. The summed E-state index contributed by atoms with van der Waals surface area (Å²) in [5, 5.41) is 1.97. The summed E-state index contributed by atoms with van der Waals surface area (Å²) in [7, 11) is 3.25. The smallest absolute Gasteiger partial charge is 0.229 e. The molecule has 0 aliphatic rings. The van der Waals surface area contributed by atoms with E-state index in [9.17, 15) is 4.79 Å². The predicted octanol–water partition coefficient (Wildman–Crippen LogP) is 3.82. The van der Waals surface area contributed by atoms with Gasteiger partial charge in [-0.05, 0) is 18.2 Å². The molecule has 3 rings (SSSR count).